The lowest BCUT2D eigenvalue weighted by molar-refractivity contribution is -0.118. The van der Waals surface area contributed by atoms with Crippen molar-refractivity contribution in [2.45, 2.75) is 31.5 Å². The summed E-state index contributed by atoms with van der Waals surface area (Å²) in [5.74, 6) is -0.687. The molecule has 0 aliphatic rings. The minimum absolute atomic E-state index is 0.0742. The predicted molar refractivity (Wildman–Crippen MR) is 122 cm³/mol. The van der Waals surface area contributed by atoms with Gasteiger partial charge in [-0.15, -0.1) is 0 Å². The number of halogens is 2. The van der Waals surface area contributed by atoms with Gasteiger partial charge in [-0.3, -0.25) is 14.2 Å². The van der Waals surface area contributed by atoms with Crippen LogP contribution in [0.1, 0.15) is 20.3 Å². The van der Waals surface area contributed by atoms with E-state index < -0.39 is 5.82 Å². The molecular formula is C22H23ClFN3O3S. The van der Waals surface area contributed by atoms with Crippen molar-refractivity contribution in [1.29, 1.82) is 0 Å². The molecule has 1 N–H and O–H groups in total. The van der Waals surface area contributed by atoms with Crippen LogP contribution in [0.2, 0.25) is 5.02 Å². The van der Waals surface area contributed by atoms with E-state index in [1.165, 1.54) is 22.8 Å². The van der Waals surface area contributed by atoms with Crippen LogP contribution >= 0.6 is 23.4 Å². The number of carbonyl (C=O) groups excluding carboxylic acids is 1. The number of nitrogens with zero attached hydrogens (tertiary/aromatic N) is 2. The fourth-order valence-electron chi connectivity index (χ4n) is 2.86. The maximum Gasteiger partial charge on any atom is 0.266 e. The van der Waals surface area contributed by atoms with Crippen LogP contribution in [-0.2, 0) is 9.53 Å². The Bertz CT molecular complexity index is 1140. The van der Waals surface area contributed by atoms with Crippen molar-refractivity contribution in [3.8, 4) is 5.69 Å². The van der Waals surface area contributed by atoms with E-state index in [4.69, 9.17) is 16.3 Å². The molecule has 0 spiro atoms. The maximum absolute atomic E-state index is 13.6. The molecule has 1 heterocycles. The molecule has 1 amide bonds. The number of aromatic nitrogens is 2. The molecule has 3 aromatic rings. The normalized spacial score (nSPS) is 11.3. The number of benzene rings is 2. The highest BCUT2D eigenvalue weighted by Gasteiger charge is 2.15. The molecular weight excluding hydrogens is 441 g/mol. The van der Waals surface area contributed by atoms with Crippen molar-refractivity contribution in [2.75, 3.05) is 18.9 Å². The van der Waals surface area contributed by atoms with Gasteiger partial charge < -0.3 is 10.1 Å². The number of carbonyl (C=O) groups is 1. The number of ether oxygens (including phenoxy) is 1. The maximum atomic E-state index is 13.6. The molecule has 31 heavy (non-hydrogen) atoms. The van der Waals surface area contributed by atoms with E-state index in [1.807, 2.05) is 13.8 Å². The van der Waals surface area contributed by atoms with E-state index in [0.717, 1.165) is 11.8 Å². The van der Waals surface area contributed by atoms with E-state index in [1.54, 1.807) is 24.3 Å². The second-order valence-electron chi connectivity index (χ2n) is 7.06. The fourth-order valence-corrected chi connectivity index (χ4v) is 3.88. The Morgan fingerprint density at radius 1 is 1.29 bits per heavy atom. The molecule has 0 fully saturated rings. The van der Waals surface area contributed by atoms with Gasteiger partial charge in [-0.25, -0.2) is 9.37 Å². The molecule has 164 valence electrons. The highest BCUT2D eigenvalue weighted by molar-refractivity contribution is 7.99. The van der Waals surface area contributed by atoms with Gasteiger partial charge in [-0.2, -0.15) is 0 Å². The second-order valence-corrected chi connectivity index (χ2v) is 8.41. The smallest absolute Gasteiger partial charge is 0.266 e. The van der Waals surface area contributed by atoms with Crippen LogP contribution in [0.3, 0.4) is 0 Å². The van der Waals surface area contributed by atoms with Crippen molar-refractivity contribution in [3.63, 3.8) is 0 Å². The largest absolute Gasteiger partial charge is 0.379 e. The van der Waals surface area contributed by atoms with Crippen LogP contribution in [0.4, 0.5) is 4.39 Å². The zero-order chi connectivity index (χ0) is 22.4. The second kappa shape index (κ2) is 10.7. The molecule has 6 nitrogen and oxygen atoms in total. The fraction of sp³-hybridized carbons (Fsp3) is 0.318. The predicted octanol–water partition coefficient (Wildman–Crippen LogP) is 4.20. The third-order valence-corrected chi connectivity index (χ3v) is 5.56. The first-order valence-corrected chi connectivity index (χ1v) is 11.2. The topological polar surface area (TPSA) is 73.2 Å². The lowest BCUT2D eigenvalue weighted by Crippen LogP contribution is -2.28. The van der Waals surface area contributed by atoms with Gasteiger partial charge in [0.15, 0.2) is 5.16 Å². The standard InChI is InChI=1S/C22H23ClFN3O3S/c1-14(2)30-11-5-10-25-20(28)13-31-22-26-19-7-4-3-6-16(19)21(29)27(22)15-8-9-18(24)17(23)12-15/h3-4,6-9,12,14H,5,10-11,13H2,1-2H3,(H,25,28). The van der Waals surface area contributed by atoms with Crippen LogP contribution in [0, 0.1) is 5.82 Å². The molecule has 0 saturated heterocycles. The number of amides is 1. The summed E-state index contributed by atoms with van der Waals surface area (Å²) < 4.78 is 20.4. The third kappa shape index (κ3) is 6.06. The molecule has 0 atom stereocenters. The molecule has 0 aliphatic carbocycles. The van der Waals surface area contributed by atoms with Crippen LogP contribution in [0.15, 0.2) is 52.4 Å². The Morgan fingerprint density at radius 2 is 2.06 bits per heavy atom. The minimum Gasteiger partial charge on any atom is -0.379 e. The van der Waals surface area contributed by atoms with E-state index in [0.29, 0.717) is 41.3 Å². The Morgan fingerprint density at radius 3 is 2.81 bits per heavy atom. The minimum atomic E-state index is -0.581. The lowest BCUT2D eigenvalue weighted by atomic mass is 10.2. The summed E-state index contributed by atoms with van der Waals surface area (Å²) in [6, 6.07) is 11.0. The number of hydrogen-bond donors (Lipinski definition) is 1. The molecule has 0 saturated carbocycles. The number of nitrogens with one attached hydrogen (secondary N) is 1. The summed E-state index contributed by atoms with van der Waals surface area (Å²) in [6.07, 6.45) is 0.864. The Balaban J connectivity index is 1.81. The van der Waals surface area contributed by atoms with Gasteiger partial charge in [0.05, 0.1) is 33.5 Å². The van der Waals surface area contributed by atoms with Gasteiger partial charge >= 0.3 is 0 Å². The van der Waals surface area contributed by atoms with E-state index >= 15 is 0 Å². The number of rotatable bonds is 9. The average Bonchev–Trinajstić information content (AvgIpc) is 2.74. The van der Waals surface area contributed by atoms with Gasteiger partial charge in [0.25, 0.3) is 5.56 Å². The number of para-hydroxylation sites is 1. The van der Waals surface area contributed by atoms with Crippen molar-refractivity contribution < 1.29 is 13.9 Å². The Kier molecular flexibility index (Phi) is 8.06. The molecule has 0 radical (unpaired) electrons. The monoisotopic (exact) mass is 463 g/mol. The molecule has 0 bridgehead atoms. The molecule has 9 heteroatoms. The molecule has 2 aromatic carbocycles. The highest BCUT2D eigenvalue weighted by atomic mass is 35.5. The number of hydrogen-bond acceptors (Lipinski definition) is 5. The summed E-state index contributed by atoms with van der Waals surface area (Å²) >= 11 is 7.05. The zero-order valence-corrected chi connectivity index (χ0v) is 18.8. The van der Waals surface area contributed by atoms with Gasteiger partial charge in [-0.05, 0) is 50.6 Å². The van der Waals surface area contributed by atoms with Crippen LogP contribution in [0.5, 0.6) is 0 Å². The summed E-state index contributed by atoms with van der Waals surface area (Å²) in [5.41, 5.74) is 0.580. The lowest BCUT2D eigenvalue weighted by Gasteiger charge is -2.14. The quantitative estimate of drug-likeness (QED) is 0.292. The van der Waals surface area contributed by atoms with Crippen molar-refractivity contribution >= 4 is 40.2 Å². The van der Waals surface area contributed by atoms with Gasteiger partial charge in [0.1, 0.15) is 5.82 Å². The van der Waals surface area contributed by atoms with E-state index in [-0.39, 0.29) is 28.3 Å². The van der Waals surface area contributed by atoms with Crippen LogP contribution in [0.25, 0.3) is 16.6 Å². The first-order valence-electron chi connectivity index (χ1n) is 9.85. The molecule has 1 aromatic heterocycles. The molecule has 0 unspecified atom stereocenters. The first-order chi connectivity index (χ1) is 14.9. The van der Waals surface area contributed by atoms with Gasteiger partial charge in [-0.1, -0.05) is 35.5 Å². The summed E-state index contributed by atoms with van der Waals surface area (Å²) in [7, 11) is 0. The SMILES string of the molecule is CC(C)OCCCNC(=O)CSc1nc2ccccc2c(=O)n1-c1ccc(F)c(Cl)c1. The zero-order valence-electron chi connectivity index (χ0n) is 17.2. The van der Waals surface area contributed by atoms with Crippen LogP contribution in [-0.4, -0.2) is 40.5 Å². The van der Waals surface area contributed by atoms with Crippen LogP contribution < -0.4 is 10.9 Å². The van der Waals surface area contributed by atoms with E-state index in [9.17, 15) is 14.0 Å². The van der Waals surface area contributed by atoms with Crippen molar-refractivity contribution in [3.05, 3.63) is 63.7 Å². The van der Waals surface area contributed by atoms with Crippen molar-refractivity contribution in [2.24, 2.45) is 0 Å². The molecule has 3 rings (SSSR count). The summed E-state index contributed by atoms with van der Waals surface area (Å²) in [4.78, 5) is 30.0. The Hall–Kier alpha value is -2.42. The third-order valence-electron chi connectivity index (χ3n) is 4.33. The average molecular weight is 464 g/mol. The van der Waals surface area contributed by atoms with Gasteiger partial charge in [0, 0.05) is 13.2 Å². The Labute approximate surface area is 188 Å². The van der Waals surface area contributed by atoms with Gasteiger partial charge in [0.2, 0.25) is 5.91 Å². The highest BCUT2D eigenvalue weighted by Crippen LogP contribution is 2.24. The number of fused-ring (bicyclic) bond motifs is 1. The van der Waals surface area contributed by atoms with E-state index in [2.05, 4.69) is 10.3 Å². The summed E-state index contributed by atoms with van der Waals surface area (Å²) in [6.45, 7) is 4.99. The van der Waals surface area contributed by atoms with Crippen molar-refractivity contribution in [1.82, 2.24) is 14.9 Å². The summed E-state index contributed by atoms with van der Waals surface area (Å²) in [5, 5.41) is 3.47. The molecule has 0 aliphatic heterocycles. The number of thioether (sulfide) groups is 1. The first kappa shape index (κ1) is 23.2.